The smallest absolute Gasteiger partial charge is 0.311 e. The van der Waals surface area contributed by atoms with E-state index in [0.717, 1.165) is 73.9 Å². The summed E-state index contributed by atoms with van der Waals surface area (Å²) in [4.78, 5) is 45.0. The number of ether oxygens (including phenoxy) is 2. The minimum absolute atomic E-state index is 0.0226. The first-order chi connectivity index (χ1) is 23.7. The first kappa shape index (κ1) is 33.2. The third-order valence-corrected chi connectivity index (χ3v) is 12.4. The molecule has 6 atom stereocenters. The van der Waals surface area contributed by atoms with E-state index in [1.807, 2.05) is 41.3 Å². The number of rotatable bonds is 8. The van der Waals surface area contributed by atoms with Crippen LogP contribution < -0.4 is 0 Å². The lowest BCUT2D eigenvalue weighted by Gasteiger charge is -2.59. The number of hydrogen-bond acceptors (Lipinski definition) is 6. The largest absolute Gasteiger partial charge is 0.469 e. The number of furan rings is 1. The van der Waals surface area contributed by atoms with Gasteiger partial charge in [0.15, 0.2) is 0 Å². The molecule has 0 radical (unpaired) electrons. The average molecular weight is 665 g/mol. The number of nitrogens with zero attached hydrogens (tertiary/aromatic N) is 1. The second-order valence-corrected chi connectivity index (χ2v) is 15.0. The van der Waals surface area contributed by atoms with Crippen LogP contribution >= 0.6 is 0 Å². The van der Waals surface area contributed by atoms with Gasteiger partial charge in [-0.15, -0.1) is 0 Å². The lowest BCUT2D eigenvalue weighted by atomic mass is 9.45. The van der Waals surface area contributed by atoms with E-state index in [1.165, 1.54) is 25.0 Å². The predicted molar refractivity (Wildman–Crippen MR) is 187 cm³/mol. The highest BCUT2D eigenvalue weighted by Gasteiger charge is 2.59. The van der Waals surface area contributed by atoms with Crippen molar-refractivity contribution >= 4 is 28.7 Å². The van der Waals surface area contributed by atoms with Gasteiger partial charge in [-0.05, 0) is 110 Å². The molecule has 49 heavy (non-hydrogen) atoms. The van der Waals surface area contributed by atoms with Gasteiger partial charge in [0.25, 0.3) is 5.91 Å². The van der Waals surface area contributed by atoms with Crippen LogP contribution in [0, 0.1) is 28.6 Å². The molecule has 1 aliphatic heterocycles. The molecule has 0 bridgehead atoms. The van der Waals surface area contributed by atoms with E-state index in [2.05, 4.69) is 43.1 Å². The molecule has 1 N–H and O–H groups in total. The Hall–Kier alpha value is -4.33. The fraction of sp³-hybridized carbons (Fsp3) is 0.488. The van der Waals surface area contributed by atoms with Crippen LogP contribution in [0.5, 0.6) is 0 Å². The summed E-state index contributed by atoms with van der Waals surface area (Å²) in [5.41, 5.74) is 4.35. The van der Waals surface area contributed by atoms with E-state index in [1.54, 1.807) is 6.26 Å². The Kier molecular flexibility index (Phi) is 8.92. The minimum atomic E-state index is -0.542. The Morgan fingerprint density at radius 1 is 1.00 bits per heavy atom. The number of aromatic nitrogens is 1. The maximum atomic E-state index is 14.1. The number of aromatic amines is 1. The van der Waals surface area contributed by atoms with E-state index < -0.39 is 11.5 Å². The molecular formula is C41H48N2O6. The number of fused-ring (bicyclic) bond motifs is 4. The Labute approximate surface area is 288 Å². The Balaban J connectivity index is 1.24. The zero-order valence-corrected chi connectivity index (χ0v) is 29.1. The maximum Gasteiger partial charge on any atom is 0.311 e. The second-order valence-electron chi connectivity index (χ2n) is 15.0. The molecule has 2 aliphatic carbocycles. The van der Waals surface area contributed by atoms with Gasteiger partial charge in [-0.25, -0.2) is 0 Å². The average Bonchev–Trinajstić information content (AvgIpc) is 3.73. The Morgan fingerprint density at radius 3 is 2.55 bits per heavy atom. The van der Waals surface area contributed by atoms with Crippen molar-refractivity contribution in [1.29, 1.82) is 0 Å². The summed E-state index contributed by atoms with van der Waals surface area (Å²) >= 11 is 0. The highest BCUT2D eigenvalue weighted by molar-refractivity contribution is 5.95. The van der Waals surface area contributed by atoms with Crippen molar-refractivity contribution in [2.24, 2.45) is 28.6 Å². The molecule has 7 rings (SSSR count). The van der Waals surface area contributed by atoms with Crippen molar-refractivity contribution in [2.45, 2.75) is 78.2 Å². The number of amides is 1. The Morgan fingerprint density at radius 2 is 1.78 bits per heavy atom. The van der Waals surface area contributed by atoms with E-state index in [4.69, 9.17) is 13.9 Å². The van der Waals surface area contributed by atoms with Crippen LogP contribution in [-0.2, 0) is 31.9 Å². The number of carbonyl (C=O) groups is 3. The lowest BCUT2D eigenvalue weighted by molar-refractivity contribution is -0.176. The summed E-state index contributed by atoms with van der Waals surface area (Å²) in [6.07, 6.45) is 8.69. The summed E-state index contributed by atoms with van der Waals surface area (Å²) in [5, 5.41) is 1.18. The molecule has 2 aromatic heterocycles. The van der Waals surface area contributed by atoms with Gasteiger partial charge < -0.3 is 23.8 Å². The van der Waals surface area contributed by atoms with Gasteiger partial charge in [-0.1, -0.05) is 49.7 Å². The standard InChI is InChI=1S/C41H48N2O6/c1-26(44)49-25-29-16-18-34-40(2,21-10-22-41(34,3)39(46)47-4)32(29)17-15-27-20-24-48-37(27)36-35-31(30-13-8-9-14-33(30)42-35)19-23-43(36)38(45)28-11-6-5-7-12-28/h5-9,11-14,20,24,29,32,34,36,42H,10,15-19,21-23,25H2,1-4H3/t29-,32-,34+,36-,40+,41-/m0/s1. The number of aryl methyl sites for hydroxylation is 1. The van der Waals surface area contributed by atoms with E-state index in [9.17, 15) is 14.4 Å². The van der Waals surface area contributed by atoms with Gasteiger partial charge >= 0.3 is 11.9 Å². The molecule has 0 spiro atoms. The first-order valence-electron chi connectivity index (χ1n) is 17.9. The summed E-state index contributed by atoms with van der Waals surface area (Å²) in [7, 11) is 1.50. The normalized spacial score (nSPS) is 28.0. The summed E-state index contributed by atoms with van der Waals surface area (Å²) in [6.45, 7) is 6.89. The van der Waals surface area contributed by atoms with Gasteiger partial charge in [-0.3, -0.25) is 14.4 Å². The number of hydrogen-bond donors (Lipinski definition) is 1. The molecule has 2 aromatic carbocycles. The van der Waals surface area contributed by atoms with Crippen LogP contribution in [0.4, 0.5) is 0 Å². The molecule has 4 aromatic rings. The zero-order valence-electron chi connectivity index (χ0n) is 29.1. The first-order valence-corrected chi connectivity index (χ1v) is 17.9. The molecule has 1 amide bonds. The van der Waals surface area contributed by atoms with Crippen LogP contribution in [0.15, 0.2) is 71.3 Å². The van der Waals surface area contributed by atoms with Crippen LogP contribution in [0.3, 0.4) is 0 Å². The van der Waals surface area contributed by atoms with Crippen LogP contribution in [0.2, 0.25) is 0 Å². The van der Waals surface area contributed by atoms with Crippen LogP contribution in [0.1, 0.15) is 98.3 Å². The van der Waals surface area contributed by atoms with Gasteiger partial charge in [0, 0.05) is 29.9 Å². The second kappa shape index (κ2) is 13.2. The van der Waals surface area contributed by atoms with Gasteiger partial charge in [-0.2, -0.15) is 0 Å². The summed E-state index contributed by atoms with van der Waals surface area (Å²) in [5.74, 6) is 0.962. The van der Waals surface area contributed by atoms with Gasteiger partial charge in [0.05, 0.1) is 31.1 Å². The number of H-pyrrole nitrogens is 1. The minimum Gasteiger partial charge on any atom is -0.469 e. The zero-order chi connectivity index (χ0) is 34.3. The van der Waals surface area contributed by atoms with E-state index in [0.29, 0.717) is 18.7 Å². The fourth-order valence-electron chi connectivity index (χ4n) is 10.2. The number of nitrogens with one attached hydrogen (secondary N) is 1. The number of esters is 2. The van der Waals surface area contributed by atoms with Crippen molar-refractivity contribution in [2.75, 3.05) is 20.3 Å². The Bertz CT molecular complexity index is 1840. The molecule has 8 heteroatoms. The van der Waals surface area contributed by atoms with Crippen molar-refractivity contribution < 1.29 is 28.3 Å². The van der Waals surface area contributed by atoms with Crippen molar-refractivity contribution in [3.63, 3.8) is 0 Å². The number of methoxy groups -OCH3 is 1. The monoisotopic (exact) mass is 664 g/mol. The molecule has 0 saturated heterocycles. The molecule has 2 saturated carbocycles. The van der Waals surface area contributed by atoms with Crippen LogP contribution in [0.25, 0.3) is 10.9 Å². The summed E-state index contributed by atoms with van der Waals surface area (Å²) in [6, 6.07) is 19.5. The molecule has 2 fully saturated rings. The molecule has 3 aliphatic rings. The number of benzene rings is 2. The molecule has 258 valence electrons. The van der Waals surface area contributed by atoms with Crippen molar-refractivity contribution in [3.8, 4) is 0 Å². The molecular weight excluding hydrogens is 616 g/mol. The van der Waals surface area contributed by atoms with E-state index in [-0.39, 0.29) is 41.0 Å². The third kappa shape index (κ3) is 5.77. The van der Waals surface area contributed by atoms with E-state index >= 15 is 0 Å². The quantitative estimate of drug-likeness (QED) is 0.191. The predicted octanol–water partition coefficient (Wildman–Crippen LogP) is 8.06. The fourth-order valence-corrected chi connectivity index (χ4v) is 10.2. The number of carbonyl (C=O) groups excluding carboxylic acids is 3. The summed E-state index contributed by atoms with van der Waals surface area (Å²) < 4.78 is 17.4. The van der Waals surface area contributed by atoms with Crippen molar-refractivity contribution in [1.82, 2.24) is 9.88 Å². The lowest BCUT2D eigenvalue weighted by Crippen LogP contribution is -2.55. The van der Waals surface area contributed by atoms with Crippen LogP contribution in [-0.4, -0.2) is 48.0 Å². The topological polar surface area (TPSA) is 102 Å². The highest BCUT2D eigenvalue weighted by Crippen LogP contribution is 2.62. The maximum absolute atomic E-state index is 14.1. The molecule has 3 heterocycles. The van der Waals surface area contributed by atoms with Crippen molar-refractivity contribution in [3.05, 3.63) is 95.1 Å². The highest BCUT2D eigenvalue weighted by atomic mass is 16.5. The van der Waals surface area contributed by atoms with Gasteiger partial charge in [0.2, 0.25) is 0 Å². The van der Waals surface area contributed by atoms with Gasteiger partial charge in [0.1, 0.15) is 11.8 Å². The SMILES string of the molecule is COC(=O)[C@@]1(C)CCC[C@@]2(C)[C@H]1CC[C@@H](COC(C)=O)[C@@H]2CCc1ccoc1[C@@H]1c2[nH]c3ccccc3c2CCN1C(=O)c1ccccc1. The third-order valence-electron chi connectivity index (χ3n) is 12.4. The number of para-hydroxylation sites is 1. The molecule has 0 unspecified atom stereocenters. The molecule has 8 nitrogen and oxygen atoms in total.